The van der Waals surface area contributed by atoms with E-state index in [9.17, 15) is 4.79 Å². The van der Waals surface area contributed by atoms with Crippen molar-refractivity contribution < 1.29 is 4.79 Å². The van der Waals surface area contributed by atoms with Crippen LogP contribution in [0.1, 0.15) is 17.3 Å². The third-order valence-electron chi connectivity index (χ3n) is 2.96. The number of anilines is 1. The molecule has 98 valence electrons. The highest BCUT2D eigenvalue weighted by Crippen LogP contribution is 2.27. The molecule has 0 aromatic heterocycles. The summed E-state index contributed by atoms with van der Waals surface area (Å²) in [4.78, 5) is 14.0. The first-order chi connectivity index (χ1) is 9.24. The number of nitrogens with zero attached hydrogens (tertiary/aromatic N) is 1. The van der Waals surface area contributed by atoms with Gasteiger partial charge in [-0.2, -0.15) is 0 Å². The Labute approximate surface area is 122 Å². The molecule has 1 amide bonds. The Balaban J connectivity index is 2.22. The Hall–Kier alpha value is -1.61. The van der Waals surface area contributed by atoms with E-state index in [0.29, 0.717) is 6.54 Å². The summed E-state index contributed by atoms with van der Waals surface area (Å²) in [6, 6.07) is 19.5. The monoisotopic (exact) mass is 317 g/mol. The average molecular weight is 318 g/mol. The number of para-hydroxylation sites is 1. The van der Waals surface area contributed by atoms with Crippen molar-refractivity contribution in [2.75, 3.05) is 11.4 Å². The number of carbonyl (C=O) groups excluding carboxylic acids is 1. The summed E-state index contributed by atoms with van der Waals surface area (Å²) < 4.78 is 0. The van der Waals surface area contributed by atoms with E-state index in [-0.39, 0.29) is 10.7 Å². The SMILES string of the molecule is CCN(C(=O)C(Br)c1ccccc1)c1ccccc1. The van der Waals surface area contributed by atoms with Crippen LogP contribution in [0.5, 0.6) is 0 Å². The van der Waals surface area contributed by atoms with Crippen LogP contribution < -0.4 is 4.90 Å². The molecule has 0 aliphatic carbocycles. The maximum atomic E-state index is 12.6. The van der Waals surface area contributed by atoms with E-state index in [0.717, 1.165) is 11.3 Å². The second-order valence-electron chi connectivity index (χ2n) is 4.19. The van der Waals surface area contributed by atoms with Gasteiger partial charge in [0.05, 0.1) is 0 Å². The molecular formula is C16H16BrNO. The zero-order chi connectivity index (χ0) is 13.7. The van der Waals surface area contributed by atoms with Crippen molar-refractivity contribution in [3.63, 3.8) is 0 Å². The van der Waals surface area contributed by atoms with Crippen molar-refractivity contribution in [2.24, 2.45) is 0 Å². The molecule has 0 N–H and O–H groups in total. The zero-order valence-corrected chi connectivity index (χ0v) is 12.4. The van der Waals surface area contributed by atoms with Crippen LogP contribution >= 0.6 is 15.9 Å². The van der Waals surface area contributed by atoms with Crippen LogP contribution in [0.25, 0.3) is 0 Å². The molecule has 1 atom stereocenters. The van der Waals surface area contributed by atoms with E-state index in [1.807, 2.05) is 67.6 Å². The summed E-state index contributed by atoms with van der Waals surface area (Å²) in [6.07, 6.45) is 0. The predicted molar refractivity (Wildman–Crippen MR) is 82.6 cm³/mol. The van der Waals surface area contributed by atoms with Crippen LogP contribution in [0, 0.1) is 0 Å². The van der Waals surface area contributed by atoms with Crippen molar-refractivity contribution >= 4 is 27.5 Å². The Morgan fingerprint density at radius 1 is 1.05 bits per heavy atom. The van der Waals surface area contributed by atoms with Crippen molar-refractivity contribution in [1.82, 2.24) is 0 Å². The van der Waals surface area contributed by atoms with Gasteiger partial charge in [-0.05, 0) is 24.6 Å². The molecule has 2 rings (SSSR count). The molecule has 0 saturated heterocycles. The molecule has 0 spiro atoms. The highest BCUT2D eigenvalue weighted by atomic mass is 79.9. The molecule has 2 nitrogen and oxygen atoms in total. The van der Waals surface area contributed by atoms with Gasteiger partial charge in [0.15, 0.2) is 0 Å². The average Bonchev–Trinajstić information content (AvgIpc) is 2.49. The second-order valence-corrected chi connectivity index (χ2v) is 5.11. The highest BCUT2D eigenvalue weighted by molar-refractivity contribution is 9.09. The number of halogens is 1. The molecule has 0 heterocycles. The summed E-state index contributed by atoms with van der Waals surface area (Å²) in [5, 5.41) is 0. The smallest absolute Gasteiger partial charge is 0.245 e. The molecule has 2 aromatic carbocycles. The van der Waals surface area contributed by atoms with Gasteiger partial charge in [-0.3, -0.25) is 4.79 Å². The summed E-state index contributed by atoms with van der Waals surface area (Å²) >= 11 is 3.50. The fourth-order valence-corrected chi connectivity index (χ4v) is 2.53. The lowest BCUT2D eigenvalue weighted by molar-refractivity contribution is -0.118. The zero-order valence-electron chi connectivity index (χ0n) is 10.8. The number of amides is 1. The number of hydrogen-bond donors (Lipinski definition) is 0. The minimum absolute atomic E-state index is 0.0555. The molecule has 0 fully saturated rings. The third kappa shape index (κ3) is 3.24. The van der Waals surface area contributed by atoms with Crippen molar-refractivity contribution in [2.45, 2.75) is 11.8 Å². The number of carbonyl (C=O) groups is 1. The minimum Gasteiger partial charge on any atom is -0.311 e. The topological polar surface area (TPSA) is 20.3 Å². The fraction of sp³-hybridized carbons (Fsp3) is 0.188. The van der Waals surface area contributed by atoms with Gasteiger partial charge in [-0.1, -0.05) is 64.5 Å². The summed E-state index contributed by atoms with van der Waals surface area (Å²) in [5.41, 5.74) is 1.90. The molecule has 2 aromatic rings. The number of likely N-dealkylation sites (N-methyl/N-ethyl adjacent to an activating group) is 1. The molecule has 1 unspecified atom stereocenters. The maximum absolute atomic E-state index is 12.6. The first kappa shape index (κ1) is 13.8. The van der Waals surface area contributed by atoms with Gasteiger partial charge < -0.3 is 4.90 Å². The predicted octanol–water partition coefficient (Wildman–Crippen LogP) is 4.18. The number of benzene rings is 2. The normalized spacial score (nSPS) is 11.9. The molecule has 0 aliphatic rings. The van der Waals surface area contributed by atoms with Gasteiger partial charge in [0.25, 0.3) is 0 Å². The van der Waals surface area contributed by atoms with E-state index >= 15 is 0 Å². The van der Waals surface area contributed by atoms with Gasteiger partial charge in [0.1, 0.15) is 4.83 Å². The highest BCUT2D eigenvalue weighted by Gasteiger charge is 2.23. The first-order valence-corrected chi connectivity index (χ1v) is 7.21. The molecule has 0 saturated carbocycles. The molecule has 0 aliphatic heterocycles. The lowest BCUT2D eigenvalue weighted by atomic mass is 10.1. The number of hydrogen-bond acceptors (Lipinski definition) is 1. The van der Waals surface area contributed by atoms with Crippen molar-refractivity contribution in [3.05, 3.63) is 66.2 Å². The van der Waals surface area contributed by atoms with Crippen molar-refractivity contribution in [1.29, 1.82) is 0 Å². The second kappa shape index (κ2) is 6.53. The molecule has 0 radical (unpaired) electrons. The van der Waals surface area contributed by atoms with Gasteiger partial charge in [-0.15, -0.1) is 0 Å². The fourth-order valence-electron chi connectivity index (χ4n) is 1.97. The quantitative estimate of drug-likeness (QED) is 0.775. The molecular weight excluding hydrogens is 302 g/mol. The number of alkyl halides is 1. The Morgan fingerprint density at radius 2 is 1.58 bits per heavy atom. The van der Waals surface area contributed by atoms with Gasteiger partial charge in [0.2, 0.25) is 5.91 Å². The van der Waals surface area contributed by atoms with E-state index in [1.54, 1.807) is 4.90 Å². The lowest BCUT2D eigenvalue weighted by Gasteiger charge is -2.24. The maximum Gasteiger partial charge on any atom is 0.245 e. The third-order valence-corrected chi connectivity index (χ3v) is 3.88. The van der Waals surface area contributed by atoms with Gasteiger partial charge in [0, 0.05) is 12.2 Å². The molecule has 0 bridgehead atoms. The van der Waals surface area contributed by atoms with E-state index in [1.165, 1.54) is 0 Å². The van der Waals surface area contributed by atoms with E-state index < -0.39 is 0 Å². The summed E-state index contributed by atoms with van der Waals surface area (Å²) in [6.45, 7) is 2.63. The van der Waals surface area contributed by atoms with E-state index in [2.05, 4.69) is 15.9 Å². The Bertz CT molecular complexity index is 527. The van der Waals surface area contributed by atoms with Crippen LogP contribution in [0.2, 0.25) is 0 Å². The molecule has 3 heteroatoms. The largest absolute Gasteiger partial charge is 0.311 e. The van der Waals surface area contributed by atoms with Crippen LogP contribution in [0.4, 0.5) is 5.69 Å². The van der Waals surface area contributed by atoms with Crippen LogP contribution in [0.3, 0.4) is 0 Å². The minimum atomic E-state index is -0.311. The van der Waals surface area contributed by atoms with Gasteiger partial charge >= 0.3 is 0 Å². The lowest BCUT2D eigenvalue weighted by Crippen LogP contribution is -2.33. The van der Waals surface area contributed by atoms with E-state index in [4.69, 9.17) is 0 Å². The number of rotatable bonds is 4. The summed E-state index contributed by atoms with van der Waals surface area (Å²) in [5.74, 6) is 0.0555. The van der Waals surface area contributed by atoms with Crippen LogP contribution in [-0.4, -0.2) is 12.5 Å². The molecule has 19 heavy (non-hydrogen) atoms. The standard InChI is InChI=1S/C16H16BrNO/c1-2-18(14-11-7-4-8-12-14)16(19)15(17)13-9-5-3-6-10-13/h3-12,15H,2H2,1H3. The Kier molecular flexibility index (Phi) is 4.74. The van der Waals surface area contributed by atoms with Gasteiger partial charge in [-0.25, -0.2) is 0 Å². The Morgan fingerprint density at radius 3 is 2.11 bits per heavy atom. The van der Waals surface area contributed by atoms with Crippen LogP contribution in [0.15, 0.2) is 60.7 Å². The summed E-state index contributed by atoms with van der Waals surface area (Å²) in [7, 11) is 0. The van der Waals surface area contributed by atoms with Crippen LogP contribution in [-0.2, 0) is 4.79 Å². The van der Waals surface area contributed by atoms with Crippen molar-refractivity contribution in [3.8, 4) is 0 Å². The first-order valence-electron chi connectivity index (χ1n) is 6.29.